The lowest BCUT2D eigenvalue weighted by atomic mass is 10.00. The fourth-order valence-electron chi connectivity index (χ4n) is 4.48. The van der Waals surface area contributed by atoms with Crippen LogP contribution in [0.5, 0.6) is 0 Å². The van der Waals surface area contributed by atoms with E-state index in [1.165, 1.54) is 17.7 Å². The van der Waals surface area contributed by atoms with Gasteiger partial charge in [-0.15, -0.1) is 11.3 Å². The minimum Gasteiger partial charge on any atom is -0.353 e. The maximum absolute atomic E-state index is 13.4. The van der Waals surface area contributed by atoms with E-state index < -0.39 is 0 Å². The number of hydrogen-bond acceptors (Lipinski definition) is 7. The number of fused-ring (bicyclic) bond motifs is 1. The van der Waals surface area contributed by atoms with Crippen molar-refractivity contribution in [3.8, 4) is 0 Å². The van der Waals surface area contributed by atoms with E-state index in [9.17, 15) is 9.59 Å². The molecule has 10 heteroatoms. The molecule has 0 bridgehead atoms. The predicted molar refractivity (Wildman–Crippen MR) is 117 cm³/mol. The third kappa shape index (κ3) is 3.76. The SMILES string of the molecule is Cc1cc(N2CCN(C(=O)C3CCCCN3C(=O)c3cccs3)CC2)n2ncnc2n1. The molecule has 1 unspecified atom stereocenters. The van der Waals surface area contributed by atoms with Crippen LogP contribution in [0.4, 0.5) is 5.82 Å². The maximum Gasteiger partial charge on any atom is 0.264 e. The van der Waals surface area contributed by atoms with Crippen molar-refractivity contribution >= 4 is 34.7 Å². The Morgan fingerprint density at radius 3 is 2.74 bits per heavy atom. The Bertz CT molecular complexity index is 1090. The highest BCUT2D eigenvalue weighted by molar-refractivity contribution is 7.12. The van der Waals surface area contributed by atoms with Crippen LogP contribution in [0.15, 0.2) is 29.9 Å². The molecule has 1 atom stereocenters. The summed E-state index contributed by atoms with van der Waals surface area (Å²) in [5.74, 6) is 1.58. The molecule has 5 heterocycles. The first-order valence-electron chi connectivity index (χ1n) is 10.7. The molecule has 31 heavy (non-hydrogen) atoms. The lowest BCUT2D eigenvalue weighted by Crippen LogP contribution is -2.57. The maximum atomic E-state index is 13.4. The van der Waals surface area contributed by atoms with Gasteiger partial charge >= 0.3 is 0 Å². The highest BCUT2D eigenvalue weighted by Crippen LogP contribution is 2.24. The fraction of sp³-hybridized carbons (Fsp3) is 0.476. The number of likely N-dealkylation sites (tertiary alicyclic amines) is 1. The van der Waals surface area contributed by atoms with E-state index in [1.807, 2.05) is 35.4 Å². The predicted octanol–water partition coefficient (Wildman–Crippen LogP) is 1.84. The lowest BCUT2D eigenvalue weighted by Gasteiger charge is -2.41. The fourth-order valence-corrected chi connectivity index (χ4v) is 5.16. The molecule has 162 valence electrons. The van der Waals surface area contributed by atoms with E-state index in [0.717, 1.165) is 30.8 Å². The number of piperazine rings is 1. The molecule has 0 radical (unpaired) electrons. The van der Waals surface area contributed by atoms with Crippen molar-refractivity contribution in [1.29, 1.82) is 0 Å². The van der Waals surface area contributed by atoms with Gasteiger partial charge < -0.3 is 14.7 Å². The molecule has 0 N–H and O–H groups in total. The normalized spacial score (nSPS) is 19.8. The molecule has 0 aliphatic carbocycles. The highest BCUT2D eigenvalue weighted by Gasteiger charge is 2.36. The van der Waals surface area contributed by atoms with Crippen LogP contribution < -0.4 is 4.90 Å². The first-order chi connectivity index (χ1) is 15.1. The average Bonchev–Trinajstić information content (AvgIpc) is 3.50. The molecule has 3 aromatic rings. The van der Waals surface area contributed by atoms with Crippen LogP contribution in [-0.2, 0) is 4.79 Å². The van der Waals surface area contributed by atoms with Crippen LogP contribution in [0.2, 0.25) is 0 Å². The second-order valence-electron chi connectivity index (χ2n) is 8.03. The Labute approximate surface area is 184 Å². The number of carbonyl (C=O) groups is 2. The van der Waals surface area contributed by atoms with Gasteiger partial charge in [0, 0.05) is 44.5 Å². The van der Waals surface area contributed by atoms with Crippen LogP contribution in [0.1, 0.15) is 34.6 Å². The molecule has 9 nitrogen and oxygen atoms in total. The standard InChI is InChI=1S/C21H25N7O2S/c1-15-13-18(28-21(24-15)22-14-23-28)25-8-10-26(11-9-25)19(29)16-5-2-3-7-27(16)20(30)17-6-4-12-31-17/h4,6,12-14,16H,2-3,5,7-11H2,1H3. The van der Waals surface area contributed by atoms with Crippen LogP contribution in [0, 0.1) is 6.92 Å². The Hall–Kier alpha value is -3.01. The van der Waals surface area contributed by atoms with Crippen molar-refractivity contribution in [2.24, 2.45) is 0 Å². The van der Waals surface area contributed by atoms with Gasteiger partial charge in [0.15, 0.2) is 0 Å². The zero-order chi connectivity index (χ0) is 21.4. The summed E-state index contributed by atoms with van der Waals surface area (Å²) in [4.78, 5) is 41.6. The number of nitrogens with zero attached hydrogens (tertiary/aromatic N) is 7. The van der Waals surface area contributed by atoms with Gasteiger partial charge in [-0.1, -0.05) is 6.07 Å². The van der Waals surface area contributed by atoms with Gasteiger partial charge in [0.1, 0.15) is 18.2 Å². The molecule has 2 aliphatic rings. The minimum absolute atomic E-state index is 0.0208. The summed E-state index contributed by atoms with van der Waals surface area (Å²) in [6, 6.07) is 5.36. The van der Waals surface area contributed by atoms with Gasteiger partial charge in [-0.3, -0.25) is 9.59 Å². The summed E-state index contributed by atoms with van der Waals surface area (Å²) in [5, 5.41) is 6.20. The van der Waals surface area contributed by atoms with Crippen LogP contribution >= 0.6 is 11.3 Å². The summed E-state index contributed by atoms with van der Waals surface area (Å²) < 4.78 is 1.74. The summed E-state index contributed by atoms with van der Waals surface area (Å²) in [7, 11) is 0. The van der Waals surface area contributed by atoms with E-state index >= 15 is 0 Å². The van der Waals surface area contributed by atoms with E-state index in [2.05, 4.69) is 20.0 Å². The van der Waals surface area contributed by atoms with Gasteiger partial charge in [0.25, 0.3) is 11.7 Å². The van der Waals surface area contributed by atoms with Crippen molar-refractivity contribution in [2.45, 2.75) is 32.2 Å². The van der Waals surface area contributed by atoms with Crippen LogP contribution in [0.3, 0.4) is 0 Å². The molecule has 0 aromatic carbocycles. The first-order valence-corrected chi connectivity index (χ1v) is 11.6. The number of aryl methyl sites for hydroxylation is 1. The number of thiophene rings is 1. The van der Waals surface area contributed by atoms with Crippen molar-refractivity contribution < 1.29 is 9.59 Å². The van der Waals surface area contributed by atoms with Crippen molar-refractivity contribution in [2.75, 3.05) is 37.6 Å². The Morgan fingerprint density at radius 1 is 1.13 bits per heavy atom. The zero-order valence-corrected chi connectivity index (χ0v) is 18.3. The molecule has 3 aromatic heterocycles. The quantitative estimate of drug-likeness (QED) is 0.619. The number of aromatic nitrogens is 4. The molecular formula is C21H25N7O2S. The highest BCUT2D eigenvalue weighted by atomic mass is 32.1. The van der Waals surface area contributed by atoms with Crippen molar-refractivity contribution in [3.05, 3.63) is 40.5 Å². The Morgan fingerprint density at radius 2 is 1.97 bits per heavy atom. The summed E-state index contributed by atoms with van der Waals surface area (Å²) in [6.07, 6.45) is 4.17. The van der Waals surface area contributed by atoms with E-state index in [1.54, 1.807) is 9.42 Å². The van der Waals surface area contributed by atoms with Gasteiger partial charge in [0.2, 0.25) is 5.91 Å². The number of amides is 2. The molecule has 2 fully saturated rings. The summed E-state index contributed by atoms with van der Waals surface area (Å²) >= 11 is 1.43. The summed E-state index contributed by atoms with van der Waals surface area (Å²) in [6.45, 7) is 5.24. The van der Waals surface area contributed by atoms with Gasteiger partial charge in [-0.05, 0) is 37.6 Å². The number of hydrogen-bond donors (Lipinski definition) is 0. The molecule has 2 saturated heterocycles. The van der Waals surface area contributed by atoms with Crippen molar-refractivity contribution in [1.82, 2.24) is 29.4 Å². The molecule has 0 saturated carbocycles. The zero-order valence-electron chi connectivity index (χ0n) is 17.5. The van der Waals surface area contributed by atoms with Gasteiger partial charge in [-0.2, -0.15) is 14.6 Å². The Balaban J connectivity index is 1.29. The van der Waals surface area contributed by atoms with Gasteiger partial charge in [0.05, 0.1) is 4.88 Å². The third-order valence-electron chi connectivity index (χ3n) is 6.06. The smallest absolute Gasteiger partial charge is 0.264 e. The summed E-state index contributed by atoms with van der Waals surface area (Å²) in [5.41, 5.74) is 0.888. The molecular weight excluding hydrogens is 414 g/mol. The largest absolute Gasteiger partial charge is 0.353 e. The molecule has 0 spiro atoms. The number of rotatable bonds is 3. The molecule has 5 rings (SSSR count). The van der Waals surface area contributed by atoms with Crippen LogP contribution in [-0.4, -0.2) is 80.0 Å². The second kappa shape index (κ2) is 8.26. The monoisotopic (exact) mass is 439 g/mol. The number of piperidine rings is 1. The van der Waals surface area contributed by atoms with E-state index in [4.69, 9.17) is 0 Å². The number of anilines is 1. The first kappa shape index (κ1) is 19.9. The third-order valence-corrected chi connectivity index (χ3v) is 6.91. The molecule has 2 aliphatic heterocycles. The van der Waals surface area contributed by atoms with E-state index in [0.29, 0.717) is 43.4 Å². The van der Waals surface area contributed by atoms with Crippen LogP contribution in [0.25, 0.3) is 5.78 Å². The minimum atomic E-state index is -0.361. The molecule has 2 amide bonds. The average molecular weight is 440 g/mol. The van der Waals surface area contributed by atoms with E-state index in [-0.39, 0.29) is 17.9 Å². The van der Waals surface area contributed by atoms with Crippen molar-refractivity contribution in [3.63, 3.8) is 0 Å². The second-order valence-corrected chi connectivity index (χ2v) is 8.98. The topological polar surface area (TPSA) is 86.9 Å². The Kier molecular flexibility index (Phi) is 5.31. The van der Waals surface area contributed by atoms with Gasteiger partial charge in [-0.25, -0.2) is 4.98 Å². The number of carbonyl (C=O) groups excluding carboxylic acids is 2. The lowest BCUT2D eigenvalue weighted by molar-refractivity contribution is -0.137.